The summed E-state index contributed by atoms with van der Waals surface area (Å²) in [5.74, 6) is 0. The van der Waals surface area contributed by atoms with Crippen LogP contribution >= 0.6 is 34.8 Å². The van der Waals surface area contributed by atoms with Crippen LogP contribution < -0.4 is 5.73 Å². The number of aryl methyl sites for hydroxylation is 1. The van der Waals surface area contributed by atoms with Gasteiger partial charge in [-0.25, -0.2) is 0 Å². The molecule has 0 heterocycles. The molecule has 24 heavy (non-hydrogen) atoms. The van der Waals surface area contributed by atoms with E-state index in [-0.39, 0.29) is 0 Å². The lowest BCUT2D eigenvalue weighted by atomic mass is 10.1. The van der Waals surface area contributed by atoms with Gasteiger partial charge in [-0.3, -0.25) is 0 Å². The number of halogens is 3. The van der Waals surface area contributed by atoms with Gasteiger partial charge in [0.2, 0.25) is 0 Å². The zero-order chi connectivity index (χ0) is 17.5. The SMILES string of the molecule is CCN(CCCc1ccc(Cl)cc1)CCc1cc(Cl)c(N)c(Cl)c1. The molecule has 130 valence electrons. The van der Waals surface area contributed by atoms with Gasteiger partial charge in [0, 0.05) is 11.6 Å². The maximum absolute atomic E-state index is 6.10. The molecule has 0 fully saturated rings. The Morgan fingerprint density at radius 3 is 2.08 bits per heavy atom. The Hall–Kier alpha value is -0.930. The van der Waals surface area contributed by atoms with Crippen molar-refractivity contribution in [2.24, 2.45) is 0 Å². The summed E-state index contributed by atoms with van der Waals surface area (Å²) in [7, 11) is 0. The van der Waals surface area contributed by atoms with Gasteiger partial charge in [0.1, 0.15) is 0 Å². The van der Waals surface area contributed by atoms with Crippen molar-refractivity contribution >= 4 is 40.5 Å². The Kier molecular flexibility index (Phi) is 7.70. The molecule has 0 aliphatic heterocycles. The summed E-state index contributed by atoms with van der Waals surface area (Å²) in [6.07, 6.45) is 3.10. The third kappa shape index (κ3) is 5.86. The maximum Gasteiger partial charge on any atom is 0.0693 e. The molecule has 0 amide bonds. The number of benzene rings is 2. The minimum Gasteiger partial charge on any atom is -0.396 e. The zero-order valence-corrected chi connectivity index (χ0v) is 16.1. The molecule has 0 unspecified atom stereocenters. The first kappa shape index (κ1) is 19.4. The molecule has 0 aliphatic rings. The lowest BCUT2D eigenvalue weighted by Crippen LogP contribution is -2.27. The Morgan fingerprint density at radius 2 is 1.50 bits per heavy atom. The van der Waals surface area contributed by atoms with Crippen molar-refractivity contribution in [3.8, 4) is 0 Å². The molecule has 2 aromatic carbocycles. The first-order valence-electron chi connectivity index (χ1n) is 8.19. The molecule has 2 N–H and O–H groups in total. The van der Waals surface area contributed by atoms with E-state index >= 15 is 0 Å². The van der Waals surface area contributed by atoms with Crippen LogP contribution in [0.4, 0.5) is 5.69 Å². The molecular formula is C19H23Cl3N2. The van der Waals surface area contributed by atoms with Crippen LogP contribution in [0.3, 0.4) is 0 Å². The van der Waals surface area contributed by atoms with Crippen molar-refractivity contribution in [3.63, 3.8) is 0 Å². The topological polar surface area (TPSA) is 29.3 Å². The number of hydrogen-bond donors (Lipinski definition) is 1. The molecular weight excluding hydrogens is 363 g/mol. The molecule has 2 rings (SSSR count). The van der Waals surface area contributed by atoms with Crippen molar-refractivity contribution in [1.82, 2.24) is 4.90 Å². The Bertz CT molecular complexity index is 633. The second-order valence-electron chi connectivity index (χ2n) is 5.89. The van der Waals surface area contributed by atoms with E-state index in [2.05, 4.69) is 24.0 Å². The zero-order valence-electron chi connectivity index (χ0n) is 13.9. The second kappa shape index (κ2) is 9.53. The molecule has 0 aromatic heterocycles. The molecule has 0 spiro atoms. The summed E-state index contributed by atoms with van der Waals surface area (Å²) in [6.45, 7) is 5.26. The van der Waals surface area contributed by atoms with Crippen LogP contribution in [0.5, 0.6) is 0 Å². The lowest BCUT2D eigenvalue weighted by Gasteiger charge is -2.20. The molecule has 0 bridgehead atoms. The third-order valence-corrected chi connectivity index (χ3v) is 5.03. The summed E-state index contributed by atoms with van der Waals surface area (Å²) in [5.41, 5.74) is 8.68. The monoisotopic (exact) mass is 384 g/mol. The predicted molar refractivity (Wildman–Crippen MR) is 106 cm³/mol. The maximum atomic E-state index is 6.10. The molecule has 0 atom stereocenters. The highest BCUT2D eigenvalue weighted by Crippen LogP contribution is 2.29. The second-order valence-corrected chi connectivity index (χ2v) is 7.14. The standard InChI is InChI=1S/C19H23Cl3N2/c1-2-24(10-3-4-14-5-7-16(20)8-6-14)11-9-15-12-17(21)19(23)18(22)13-15/h5-8,12-13H,2-4,9-11,23H2,1H3. The van der Waals surface area contributed by atoms with Gasteiger partial charge in [-0.05, 0) is 67.7 Å². The average Bonchev–Trinajstić information content (AvgIpc) is 2.57. The van der Waals surface area contributed by atoms with E-state index in [1.54, 1.807) is 0 Å². The highest BCUT2D eigenvalue weighted by Gasteiger charge is 2.07. The van der Waals surface area contributed by atoms with Crippen molar-refractivity contribution < 1.29 is 0 Å². The van der Waals surface area contributed by atoms with Crippen LogP contribution in [0.1, 0.15) is 24.5 Å². The van der Waals surface area contributed by atoms with Gasteiger partial charge in [0.15, 0.2) is 0 Å². The summed E-state index contributed by atoms with van der Waals surface area (Å²) >= 11 is 18.1. The first-order chi connectivity index (χ1) is 11.5. The van der Waals surface area contributed by atoms with Crippen LogP contribution in [0.25, 0.3) is 0 Å². The van der Waals surface area contributed by atoms with Crippen LogP contribution in [-0.2, 0) is 12.8 Å². The predicted octanol–water partition coefficient (Wildman–Crippen LogP) is 5.73. The van der Waals surface area contributed by atoms with E-state index in [1.807, 2.05) is 24.3 Å². The fraction of sp³-hybridized carbons (Fsp3) is 0.368. The van der Waals surface area contributed by atoms with Crippen LogP contribution in [0, 0.1) is 0 Å². The van der Waals surface area contributed by atoms with E-state index in [1.165, 1.54) is 5.56 Å². The summed E-state index contributed by atoms with van der Waals surface area (Å²) in [5, 5.41) is 1.85. The van der Waals surface area contributed by atoms with E-state index in [4.69, 9.17) is 40.5 Å². The fourth-order valence-corrected chi connectivity index (χ4v) is 3.31. The average molecular weight is 386 g/mol. The minimum atomic E-state index is 0.456. The smallest absolute Gasteiger partial charge is 0.0693 e. The van der Waals surface area contributed by atoms with Gasteiger partial charge in [-0.1, -0.05) is 53.9 Å². The lowest BCUT2D eigenvalue weighted by molar-refractivity contribution is 0.288. The van der Waals surface area contributed by atoms with Gasteiger partial charge in [0.25, 0.3) is 0 Å². The Balaban J connectivity index is 1.80. The largest absolute Gasteiger partial charge is 0.396 e. The molecule has 0 radical (unpaired) electrons. The van der Waals surface area contributed by atoms with Gasteiger partial charge in [0.05, 0.1) is 15.7 Å². The van der Waals surface area contributed by atoms with Gasteiger partial charge < -0.3 is 10.6 Å². The Labute approximate surface area is 159 Å². The third-order valence-electron chi connectivity index (χ3n) is 4.16. The number of likely N-dealkylation sites (N-methyl/N-ethyl adjacent to an activating group) is 1. The van der Waals surface area contributed by atoms with Crippen LogP contribution in [0.2, 0.25) is 15.1 Å². The highest BCUT2D eigenvalue weighted by atomic mass is 35.5. The minimum absolute atomic E-state index is 0.456. The highest BCUT2D eigenvalue weighted by molar-refractivity contribution is 6.38. The number of rotatable bonds is 8. The fourth-order valence-electron chi connectivity index (χ4n) is 2.65. The summed E-state index contributed by atoms with van der Waals surface area (Å²) in [6, 6.07) is 11.9. The number of nitrogens with zero attached hydrogens (tertiary/aromatic N) is 1. The van der Waals surface area contributed by atoms with Gasteiger partial charge >= 0.3 is 0 Å². The number of nitrogen functional groups attached to an aromatic ring is 1. The van der Waals surface area contributed by atoms with Crippen molar-refractivity contribution in [3.05, 3.63) is 62.6 Å². The van der Waals surface area contributed by atoms with E-state index in [0.29, 0.717) is 15.7 Å². The van der Waals surface area contributed by atoms with Crippen molar-refractivity contribution in [2.45, 2.75) is 26.2 Å². The van der Waals surface area contributed by atoms with E-state index in [9.17, 15) is 0 Å². The molecule has 0 saturated carbocycles. The molecule has 2 nitrogen and oxygen atoms in total. The quantitative estimate of drug-likeness (QED) is 0.588. The number of hydrogen-bond acceptors (Lipinski definition) is 2. The first-order valence-corrected chi connectivity index (χ1v) is 9.33. The normalized spacial score (nSPS) is 11.2. The van der Waals surface area contributed by atoms with Gasteiger partial charge in [-0.2, -0.15) is 0 Å². The molecule has 5 heteroatoms. The van der Waals surface area contributed by atoms with Crippen molar-refractivity contribution in [2.75, 3.05) is 25.4 Å². The van der Waals surface area contributed by atoms with E-state index in [0.717, 1.165) is 49.5 Å². The van der Waals surface area contributed by atoms with E-state index < -0.39 is 0 Å². The molecule has 0 saturated heterocycles. The Morgan fingerprint density at radius 1 is 0.875 bits per heavy atom. The van der Waals surface area contributed by atoms with Crippen molar-refractivity contribution in [1.29, 1.82) is 0 Å². The summed E-state index contributed by atoms with van der Waals surface area (Å²) < 4.78 is 0. The number of anilines is 1. The van der Waals surface area contributed by atoms with Gasteiger partial charge in [-0.15, -0.1) is 0 Å². The molecule has 0 aliphatic carbocycles. The summed E-state index contributed by atoms with van der Waals surface area (Å²) in [4.78, 5) is 2.44. The molecule has 2 aromatic rings. The van der Waals surface area contributed by atoms with Crippen LogP contribution in [0.15, 0.2) is 36.4 Å². The van der Waals surface area contributed by atoms with Crippen LogP contribution in [-0.4, -0.2) is 24.5 Å². The number of nitrogens with two attached hydrogens (primary N) is 1.